The maximum Gasteiger partial charge on any atom is 0.292 e. The number of amides is 2. The molecule has 0 saturated carbocycles. The molecule has 0 aromatic heterocycles. The molecule has 0 aliphatic carbocycles. The number of hydrogen-bond acceptors (Lipinski definition) is 6. The van der Waals surface area contributed by atoms with Gasteiger partial charge in [0, 0.05) is 11.8 Å². The van der Waals surface area contributed by atoms with E-state index in [1.54, 1.807) is 18.2 Å². The first-order valence-corrected chi connectivity index (χ1v) is 12.1. The van der Waals surface area contributed by atoms with E-state index in [0.717, 1.165) is 21.5 Å². The van der Waals surface area contributed by atoms with E-state index in [4.69, 9.17) is 9.47 Å². The van der Waals surface area contributed by atoms with Crippen LogP contribution >= 0.6 is 0 Å². The molecule has 194 valence electrons. The highest BCUT2D eigenvalue weighted by Gasteiger charge is 2.18. The first-order chi connectivity index (χ1) is 18.9. The SMILES string of the molecule is O=C(COc1ccc2ccccc2c1)Nc1ccc([N+](=O)[O-])c(NC(=O)COc2ccc3ccccc3c2)c1. The minimum Gasteiger partial charge on any atom is -0.484 e. The van der Waals surface area contributed by atoms with Crippen molar-refractivity contribution in [2.24, 2.45) is 0 Å². The number of carbonyl (C=O) groups excluding carboxylic acids is 2. The fraction of sp³-hybridized carbons (Fsp3) is 0.0667. The van der Waals surface area contributed by atoms with E-state index in [9.17, 15) is 19.7 Å². The van der Waals surface area contributed by atoms with Crippen molar-refractivity contribution in [2.45, 2.75) is 0 Å². The fourth-order valence-corrected chi connectivity index (χ4v) is 4.07. The van der Waals surface area contributed by atoms with E-state index in [1.165, 1.54) is 18.2 Å². The van der Waals surface area contributed by atoms with E-state index in [1.807, 2.05) is 66.7 Å². The van der Waals surface area contributed by atoms with Gasteiger partial charge in [-0.2, -0.15) is 0 Å². The molecule has 0 saturated heterocycles. The molecule has 0 fully saturated rings. The van der Waals surface area contributed by atoms with Gasteiger partial charge in [-0.3, -0.25) is 19.7 Å². The lowest BCUT2D eigenvalue weighted by Crippen LogP contribution is -2.22. The van der Waals surface area contributed by atoms with Gasteiger partial charge in [0.05, 0.1) is 4.92 Å². The molecule has 0 aliphatic heterocycles. The van der Waals surface area contributed by atoms with Crippen LogP contribution < -0.4 is 20.1 Å². The van der Waals surface area contributed by atoms with E-state index < -0.39 is 16.7 Å². The van der Waals surface area contributed by atoms with Crippen molar-refractivity contribution in [3.05, 3.63) is 113 Å². The number of ether oxygens (including phenoxy) is 2. The fourth-order valence-electron chi connectivity index (χ4n) is 4.07. The molecule has 2 amide bonds. The van der Waals surface area contributed by atoms with Crippen molar-refractivity contribution in [1.82, 2.24) is 0 Å². The molecule has 0 aliphatic rings. The summed E-state index contributed by atoms with van der Waals surface area (Å²) >= 11 is 0. The van der Waals surface area contributed by atoms with Crippen LogP contribution in [0.25, 0.3) is 21.5 Å². The molecule has 5 rings (SSSR count). The maximum absolute atomic E-state index is 12.5. The minimum atomic E-state index is -0.617. The average molecular weight is 522 g/mol. The monoisotopic (exact) mass is 521 g/mol. The maximum atomic E-state index is 12.5. The van der Waals surface area contributed by atoms with Crippen molar-refractivity contribution in [2.75, 3.05) is 23.8 Å². The molecule has 0 bridgehead atoms. The summed E-state index contributed by atoms with van der Waals surface area (Å²) in [6, 6.07) is 30.4. The zero-order valence-electron chi connectivity index (χ0n) is 20.6. The lowest BCUT2D eigenvalue weighted by atomic mass is 10.1. The lowest BCUT2D eigenvalue weighted by Gasteiger charge is -2.11. The molecule has 0 atom stereocenters. The Kier molecular flexibility index (Phi) is 7.31. The second-order valence-electron chi connectivity index (χ2n) is 8.68. The Morgan fingerprint density at radius 2 is 1.15 bits per heavy atom. The quantitative estimate of drug-likeness (QED) is 0.183. The summed E-state index contributed by atoms with van der Waals surface area (Å²) in [7, 11) is 0. The van der Waals surface area contributed by atoms with Crippen LogP contribution in [0.2, 0.25) is 0 Å². The van der Waals surface area contributed by atoms with Gasteiger partial charge in [-0.25, -0.2) is 0 Å². The molecule has 2 N–H and O–H groups in total. The van der Waals surface area contributed by atoms with Gasteiger partial charge in [-0.1, -0.05) is 60.7 Å². The highest BCUT2D eigenvalue weighted by molar-refractivity contribution is 5.97. The zero-order valence-corrected chi connectivity index (χ0v) is 20.6. The standard InChI is InChI=1S/C30H23N3O6/c34-29(18-38-25-12-9-20-5-1-3-7-22(20)15-25)31-24-11-14-28(33(36)37)27(17-24)32-30(35)19-39-26-13-10-21-6-2-4-8-23(21)16-26/h1-17H,18-19H2,(H,31,34)(H,32,35). The van der Waals surface area contributed by atoms with Crippen LogP contribution in [0.3, 0.4) is 0 Å². The second kappa shape index (κ2) is 11.3. The third-order valence-electron chi connectivity index (χ3n) is 5.93. The number of rotatable bonds is 9. The molecule has 9 nitrogen and oxygen atoms in total. The van der Waals surface area contributed by atoms with Crippen LogP contribution in [-0.4, -0.2) is 30.0 Å². The highest BCUT2D eigenvalue weighted by atomic mass is 16.6. The van der Waals surface area contributed by atoms with E-state index >= 15 is 0 Å². The first-order valence-electron chi connectivity index (χ1n) is 12.1. The van der Waals surface area contributed by atoms with Gasteiger partial charge in [0.15, 0.2) is 13.2 Å². The van der Waals surface area contributed by atoms with Crippen molar-refractivity contribution < 1.29 is 24.0 Å². The van der Waals surface area contributed by atoms with Gasteiger partial charge >= 0.3 is 0 Å². The summed E-state index contributed by atoms with van der Waals surface area (Å²) in [6.45, 7) is -0.623. The van der Waals surface area contributed by atoms with Crippen LogP contribution in [0.1, 0.15) is 0 Å². The number of benzene rings is 5. The van der Waals surface area contributed by atoms with Crippen molar-refractivity contribution in [3.63, 3.8) is 0 Å². The van der Waals surface area contributed by atoms with Crippen molar-refractivity contribution >= 4 is 50.4 Å². The van der Waals surface area contributed by atoms with Gasteiger partial charge < -0.3 is 20.1 Å². The molecular formula is C30H23N3O6. The van der Waals surface area contributed by atoms with E-state index in [-0.39, 0.29) is 30.3 Å². The second-order valence-corrected chi connectivity index (χ2v) is 8.68. The van der Waals surface area contributed by atoms with Crippen LogP contribution in [0.15, 0.2) is 103 Å². The van der Waals surface area contributed by atoms with Gasteiger partial charge in [-0.15, -0.1) is 0 Å². The summed E-state index contributed by atoms with van der Waals surface area (Å²) in [4.78, 5) is 35.9. The largest absolute Gasteiger partial charge is 0.484 e. The number of carbonyl (C=O) groups is 2. The molecule has 5 aromatic carbocycles. The number of nitro benzene ring substituents is 1. The van der Waals surface area contributed by atoms with E-state index in [0.29, 0.717) is 11.5 Å². The summed E-state index contributed by atoms with van der Waals surface area (Å²) in [5.74, 6) is -0.0269. The number of hydrogen-bond donors (Lipinski definition) is 2. The van der Waals surface area contributed by atoms with Crippen LogP contribution in [0, 0.1) is 10.1 Å². The van der Waals surface area contributed by atoms with Crippen LogP contribution in [-0.2, 0) is 9.59 Å². The highest BCUT2D eigenvalue weighted by Crippen LogP contribution is 2.28. The first kappa shape index (κ1) is 25.2. The molecule has 39 heavy (non-hydrogen) atoms. The average Bonchev–Trinajstić information content (AvgIpc) is 2.94. The number of nitrogens with zero attached hydrogens (tertiary/aromatic N) is 1. The predicted molar refractivity (Wildman–Crippen MR) is 149 cm³/mol. The minimum absolute atomic E-state index is 0.0691. The summed E-state index contributed by atoms with van der Waals surface area (Å²) in [5, 5.41) is 20.7. The van der Waals surface area contributed by atoms with Crippen LogP contribution in [0.4, 0.5) is 17.1 Å². The Bertz CT molecular complexity index is 1700. The van der Waals surface area contributed by atoms with Gasteiger partial charge in [0.1, 0.15) is 17.2 Å². The van der Waals surface area contributed by atoms with Gasteiger partial charge in [0.25, 0.3) is 17.5 Å². The predicted octanol–water partition coefficient (Wildman–Crippen LogP) is 5.94. The third kappa shape index (κ3) is 6.28. The van der Waals surface area contributed by atoms with Gasteiger partial charge in [-0.05, 0) is 57.9 Å². The molecule has 9 heteroatoms. The zero-order chi connectivity index (χ0) is 27.2. The topological polar surface area (TPSA) is 120 Å². The van der Waals surface area contributed by atoms with Crippen molar-refractivity contribution in [1.29, 1.82) is 0 Å². The van der Waals surface area contributed by atoms with Crippen LogP contribution in [0.5, 0.6) is 11.5 Å². The smallest absolute Gasteiger partial charge is 0.292 e. The number of nitro groups is 1. The number of nitrogens with one attached hydrogen (secondary N) is 2. The Morgan fingerprint density at radius 3 is 1.69 bits per heavy atom. The number of fused-ring (bicyclic) bond motifs is 2. The summed E-state index contributed by atoms with van der Waals surface area (Å²) in [5.41, 5.74) is -0.127. The summed E-state index contributed by atoms with van der Waals surface area (Å²) in [6.07, 6.45) is 0. The Labute approximate surface area is 223 Å². The Morgan fingerprint density at radius 1 is 0.641 bits per heavy atom. The molecule has 0 unspecified atom stereocenters. The normalized spacial score (nSPS) is 10.7. The molecule has 0 heterocycles. The Hall–Kier alpha value is -5.44. The molecule has 0 radical (unpaired) electrons. The third-order valence-corrected chi connectivity index (χ3v) is 5.93. The van der Waals surface area contributed by atoms with Crippen molar-refractivity contribution in [3.8, 4) is 11.5 Å². The summed E-state index contributed by atoms with van der Waals surface area (Å²) < 4.78 is 11.2. The molecule has 0 spiro atoms. The Balaban J connectivity index is 1.20. The van der Waals surface area contributed by atoms with E-state index in [2.05, 4.69) is 10.6 Å². The number of anilines is 2. The van der Waals surface area contributed by atoms with Gasteiger partial charge in [0.2, 0.25) is 0 Å². The lowest BCUT2D eigenvalue weighted by molar-refractivity contribution is -0.383. The molecular weight excluding hydrogens is 498 g/mol. The molecule has 5 aromatic rings.